The van der Waals surface area contributed by atoms with Crippen LogP contribution in [0.4, 0.5) is 13.2 Å². The summed E-state index contributed by atoms with van der Waals surface area (Å²) in [4.78, 5) is 27.7. The number of hydrogen-bond donors (Lipinski definition) is 3. The van der Waals surface area contributed by atoms with E-state index in [9.17, 15) is 22.8 Å². The zero-order chi connectivity index (χ0) is 21.9. The monoisotopic (exact) mass is 413 g/mol. The molecule has 1 aliphatic heterocycles. The molecule has 4 N–H and O–H groups in total. The molecule has 0 unspecified atom stereocenters. The number of benzene rings is 1. The minimum absolute atomic E-state index is 0.0445. The maximum absolute atomic E-state index is 13.7. The second kappa shape index (κ2) is 8.81. The number of hydrogen-bond acceptors (Lipinski definition) is 4. The van der Waals surface area contributed by atoms with Crippen LogP contribution in [-0.4, -0.2) is 61.3 Å². The summed E-state index contributed by atoms with van der Waals surface area (Å²) < 4.78 is 41.2. The number of amides is 2. The van der Waals surface area contributed by atoms with Crippen molar-refractivity contribution in [2.24, 2.45) is 5.73 Å². The molecule has 0 aromatic heterocycles. The summed E-state index contributed by atoms with van der Waals surface area (Å²) >= 11 is 0. The van der Waals surface area contributed by atoms with Crippen LogP contribution < -0.4 is 11.1 Å². The normalized spacial score (nSPS) is 15.5. The Kier molecular flexibility index (Phi) is 6.89. The smallest absolute Gasteiger partial charge is 0.370 e. The third-order valence-corrected chi connectivity index (χ3v) is 4.93. The van der Waals surface area contributed by atoms with Crippen LogP contribution >= 0.6 is 0 Å². The molecule has 0 spiro atoms. The van der Waals surface area contributed by atoms with E-state index in [1.165, 1.54) is 6.07 Å². The molecule has 29 heavy (non-hydrogen) atoms. The van der Waals surface area contributed by atoms with Crippen LogP contribution in [0.15, 0.2) is 12.1 Å². The van der Waals surface area contributed by atoms with E-state index in [0.29, 0.717) is 31.5 Å². The first-order valence-electron chi connectivity index (χ1n) is 9.19. The highest BCUT2D eigenvalue weighted by Gasteiger charge is 2.37. The van der Waals surface area contributed by atoms with Crippen LogP contribution in [0, 0.1) is 12.3 Å². The predicted molar refractivity (Wildman–Crippen MR) is 103 cm³/mol. The van der Waals surface area contributed by atoms with Gasteiger partial charge in [0, 0.05) is 18.7 Å². The zero-order valence-electron chi connectivity index (χ0n) is 16.7. The highest BCUT2D eigenvalue weighted by molar-refractivity contribution is 6.05. The summed E-state index contributed by atoms with van der Waals surface area (Å²) in [6.45, 7) is 2.59. The van der Waals surface area contributed by atoms with Crippen LogP contribution in [0.5, 0.6) is 0 Å². The number of likely N-dealkylation sites (N-methyl/N-ethyl adjacent to an activating group) is 1. The van der Waals surface area contributed by atoms with E-state index >= 15 is 0 Å². The van der Waals surface area contributed by atoms with Crippen LogP contribution in [0.25, 0.3) is 0 Å². The highest BCUT2D eigenvalue weighted by atomic mass is 19.4. The van der Waals surface area contributed by atoms with Gasteiger partial charge in [-0.3, -0.25) is 20.3 Å². The van der Waals surface area contributed by atoms with Crippen molar-refractivity contribution in [3.05, 3.63) is 34.4 Å². The summed E-state index contributed by atoms with van der Waals surface area (Å²) in [7, 11) is 3.57. The summed E-state index contributed by atoms with van der Waals surface area (Å²) in [5.41, 5.74) is 4.58. The van der Waals surface area contributed by atoms with E-state index in [-0.39, 0.29) is 29.5 Å². The van der Waals surface area contributed by atoms with Crippen molar-refractivity contribution in [1.29, 1.82) is 5.41 Å². The van der Waals surface area contributed by atoms with Gasteiger partial charge in [-0.2, -0.15) is 13.2 Å². The number of piperidine rings is 1. The molecule has 2 amide bonds. The number of alkyl halides is 3. The number of halogens is 3. The first-order chi connectivity index (χ1) is 13.4. The van der Waals surface area contributed by atoms with Crippen molar-refractivity contribution in [1.82, 2.24) is 15.1 Å². The Hall–Kier alpha value is -2.62. The quantitative estimate of drug-likeness (QED) is 0.518. The summed E-state index contributed by atoms with van der Waals surface area (Å²) in [5, 5.41) is 9.13. The lowest BCUT2D eigenvalue weighted by Gasteiger charge is -2.34. The molecular formula is C19H26F3N5O2. The molecule has 1 fully saturated rings. The molecule has 10 heteroatoms. The minimum Gasteiger partial charge on any atom is -0.370 e. The Balaban J connectivity index is 2.29. The van der Waals surface area contributed by atoms with Crippen molar-refractivity contribution < 1.29 is 22.8 Å². The van der Waals surface area contributed by atoms with E-state index in [1.807, 2.05) is 5.32 Å². The molecule has 0 atom stereocenters. The lowest BCUT2D eigenvalue weighted by Crippen LogP contribution is -2.42. The van der Waals surface area contributed by atoms with Gasteiger partial charge in [-0.15, -0.1) is 0 Å². The van der Waals surface area contributed by atoms with Gasteiger partial charge < -0.3 is 15.5 Å². The Morgan fingerprint density at radius 3 is 2.34 bits per heavy atom. The van der Waals surface area contributed by atoms with Gasteiger partial charge in [0.2, 0.25) is 5.91 Å². The van der Waals surface area contributed by atoms with E-state index in [4.69, 9.17) is 11.1 Å². The molecular weight excluding hydrogens is 387 g/mol. The van der Waals surface area contributed by atoms with Gasteiger partial charge in [0.25, 0.3) is 5.91 Å². The van der Waals surface area contributed by atoms with E-state index in [2.05, 4.69) is 0 Å². The number of carbonyl (C=O) groups is 2. The number of aryl methyl sites for hydroxylation is 1. The predicted octanol–water partition coefficient (Wildman–Crippen LogP) is 1.90. The number of guanidine groups is 1. The summed E-state index contributed by atoms with van der Waals surface area (Å²) in [6, 6.07) is 2.21. The first-order valence-corrected chi connectivity index (χ1v) is 9.19. The topological polar surface area (TPSA) is 103 Å². The Labute approximate surface area is 167 Å². The average Bonchev–Trinajstić information content (AvgIpc) is 2.59. The van der Waals surface area contributed by atoms with Gasteiger partial charge in [-0.05, 0) is 57.0 Å². The molecule has 1 aromatic rings. The molecule has 1 saturated heterocycles. The number of nitrogens with zero attached hydrogens (tertiary/aromatic N) is 2. The molecule has 2 rings (SSSR count). The van der Waals surface area contributed by atoms with Crippen LogP contribution in [0.1, 0.15) is 45.8 Å². The fourth-order valence-corrected chi connectivity index (χ4v) is 3.56. The number of carbonyl (C=O) groups excluding carboxylic acids is 2. The minimum atomic E-state index is -4.63. The third-order valence-electron chi connectivity index (χ3n) is 4.93. The number of nitrogens with two attached hydrogens (primary N) is 1. The van der Waals surface area contributed by atoms with Gasteiger partial charge in [-0.1, -0.05) is 6.07 Å². The van der Waals surface area contributed by atoms with Gasteiger partial charge in [0.05, 0.1) is 12.1 Å². The fraction of sp³-hybridized carbons (Fsp3) is 0.526. The molecule has 0 radical (unpaired) electrons. The van der Waals surface area contributed by atoms with Crippen molar-refractivity contribution in [3.63, 3.8) is 0 Å². The highest BCUT2D eigenvalue weighted by Crippen LogP contribution is 2.40. The van der Waals surface area contributed by atoms with Crippen LogP contribution in [0.2, 0.25) is 0 Å². The largest absolute Gasteiger partial charge is 0.416 e. The molecule has 160 valence electrons. The molecule has 0 bridgehead atoms. The summed E-state index contributed by atoms with van der Waals surface area (Å²) in [6.07, 6.45) is -3.80. The third kappa shape index (κ3) is 5.69. The standard InChI is InChI=1S/C19H26F3N5O2/c1-11-8-14(12-4-6-27(7-5-12)16(28)10-26(2)3)15(19(20,21)22)9-13(11)17(29)25-18(23)24/h8-9,12H,4-7,10H2,1-3H3,(H4,23,24,25,29). The molecule has 1 aliphatic rings. The maximum atomic E-state index is 13.7. The fourth-order valence-electron chi connectivity index (χ4n) is 3.56. The first kappa shape index (κ1) is 22.7. The van der Waals surface area contributed by atoms with Crippen LogP contribution in [0.3, 0.4) is 0 Å². The average molecular weight is 413 g/mol. The number of likely N-dealkylation sites (tertiary alicyclic amines) is 1. The van der Waals surface area contributed by atoms with Crippen molar-refractivity contribution in [2.75, 3.05) is 33.7 Å². The molecule has 1 aromatic carbocycles. The van der Waals surface area contributed by atoms with Gasteiger partial charge in [-0.25, -0.2) is 0 Å². The van der Waals surface area contributed by atoms with E-state index < -0.39 is 23.6 Å². The van der Waals surface area contributed by atoms with E-state index in [1.54, 1.807) is 30.8 Å². The lowest BCUT2D eigenvalue weighted by atomic mass is 9.84. The lowest BCUT2D eigenvalue weighted by molar-refractivity contribution is -0.139. The molecule has 0 aliphatic carbocycles. The van der Waals surface area contributed by atoms with Gasteiger partial charge in [0.15, 0.2) is 5.96 Å². The molecule has 7 nitrogen and oxygen atoms in total. The second-order valence-electron chi connectivity index (χ2n) is 7.51. The van der Waals surface area contributed by atoms with Crippen LogP contribution in [-0.2, 0) is 11.0 Å². The second-order valence-corrected chi connectivity index (χ2v) is 7.51. The van der Waals surface area contributed by atoms with Crippen molar-refractivity contribution in [3.8, 4) is 0 Å². The maximum Gasteiger partial charge on any atom is 0.416 e. The van der Waals surface area contributed by atoms with Gasteiger partial charge >= 0.3 is 6.18 Å². The van der Waals surface area contributed by atoms with Gasteiger partial charge in [0.1, 0.15) is 0 Å². The number of nitrogens with one attached hydrogen (secondary N) is 2. The summed E-state index contributed by atoms with van der Waals surface area (Å²) in [5.74, 6) is -1.89. The van der Waals surface area contributed by atoms with Crippen molar-refractivity contribution >= 4 is 17.8 Å². The molecule has 0 saturated carbocycles. The Bertz CT molecular complexity index is 800. The van der Waals surface area contributed by atoms with E-state index in [0.717, 1.165) is 6.07 Å². The Morgan fingerprint density at radius 2 is 1.86 bits per heavy atom. The molecule has 1 heterocycles. The zero-order valence-corrected chi connectivity index (χ0v) is 16.7. The van der Waals surface area contributed by atoms with Crippen molar-refractivity contribution in [2.45, 2.75) is 31.9 Å². The Morgan fingerprint density at radius 1 is 1.28 bits per heavy atom. The number of rotatable bonds is 4. The SMILES string of the molecule is Cc1cc(C2CCN(C(=O)CN(C)C)CC2)c(C(F)(F)F)cc1C(=O)NC(=N)N.